The van der Waals surface area contributed by atoms with Crippen LogP contribution in [-0.2, 0) is 5.33 Å². The molecule has 0 spiro atoms. The summed E-state index contributed by atoms with van der Waals surface area (Å²) in [6.07, 6.45) is 3.93. The monoisotopic (exact) mass is 345 g/mol. The fourth-order valence-corrected chi connectivity index (χ4v) is 2.93. The Hall–Kier alpha value is -0.0200. The lowest BCUT2D eigenvalue weighted by molar-refractivity contribution is 0.760. The van der Waals surface area contributed by atoms with E-state index in [9.17, 15) is 0 Å². The minimum Gasteiger partial charge on any atom is -0.368 e. The zero-order chi connectivity index (χ0) is 11.5. The third kappa shape index (κ3) is 2.80. The Labute approximate surface area is 114 Å². The Balaban J connectivity index is 2.28. The van der Waals surface area contributed by atoms with Crippen LogP contribution >= 0.6 is 31.9 Å². The van der Waals surface area contributed by atoms with Crippen LogP contribution in [0.2, 0.25) is 0 Å². The van der Waals surface area contributed by atoms with Crippen LogP contribution in [-0.4, -0.2) is 12.6 Å². The number of rotatable bonds is 5. The van der Waals surface area contributed by atoms with Crippen LogP contribution in [0.4, 0.5) is 5.69 Å². The highest BCUT2D eigenvalue weighted by atomic mass is 79.9. The number of hydrogen-bond acceptors (Lipinski definition) is 1. The van der Waals surface area contributed by atoms with E-state index >= 15 is 0 Å². The summed E-state index contributed by atoms with van der Waals surface area (Å²) in [7, 11) is 0. The molecule has 0 saturated heterocycles. The van der Waals surface area contributed by atoms with E-state index in [0.717, 1.165) is 15.8 Å². The maximum Gasteiger partial charge on any atom is 0.0410 e. The van der Waals surface area contributed by atoms with Gasteiger partial charge in [-0.05, 0) is 43.0 Å². The Morgan fingerprint density at radius 2 is 2.12 bits per heavy atom. The van der Waals surface area contributed by atoms with Crippen molar-refractivity contribution in [2.24, 2.45) is 0 Å². The van der Waals surface area contributed by atoms with Crippen molar-refractivity contribution in [3.8, 4) is 0 Å². The van der Waals surface area contributed by atoms with Crippen LogP contribution in [0.5, 0.6) is 0 Å². The highest BCUT2D eigenvalue weighted by Crippen LogP contribution is 2.35. The molecule has 1 nitrogen and oxygen atoms in total. The smallest absolute Gasteiger partial charge is 0.0410 e. The molecule has 1 aromatic rings. The molecule has 0 heterocycles. The van der Waals surface area contributed by atoms with Crippen molar-refractivity contribution in [2.45, 2.75) is 37.6 Å². The molecule has 1 saturated carbocycles. The highest BCUT2D eigenvalue weighted by molar-refractivity contribution is 9.10. The maximum atomic E-state index is 3.58. The van der Waals surface area contributed by atoms with Gasteiger partial charge in [-0.1, -0.05) is 38.8 Å². The van der Waals surface area contributed by atoms with E-state index in [0.29, 0.717) is 0 Å². The molecule has 3 heteroatoms. The van der Waals surface area contributed by atoms with Crippen molar-refractivity contribution in [3.63, 3.8) is 0 Å². The Kier molecular flexibility index (Phi) is 4.31. The van der Waals surface area contributed by atoms with Gasteiger partial charge in [0.05, 0.1) is 0 Å². The molecule has 0 unspecified atom stereocenters. The van der Waals surface area contributed by atoms with E-state index in [1.54, 1.807) is 0 Å². The Morgan fingerprint density at radius 1 is 1.38 bits per heavy atom. The number of anilines is 1. The first-order valence-electron chi connectivity index (χ1n) is 5.87. The minimum atomic E-state index is 0.791. The predicted molar refractivity (Wildman–Crippen MR) is 77.4 cm³/mol. The molecule has 0 atom stereocenters. The number of nitrogens with zero attached hydrogens (tertiary/aromatic N) is 1. The highest BCUT2D eigenvalue weighted by Gasteiger charge is 2.29. The van der Waals surface area contributed by atoms with Gasteiger partial charge in [0.1, 0.15) is 0 Å². The lowest BCUT2D eigenvalue weighted by Gasteiger charge is -2.26. The maximum absolute atomic E-state index is 3.58. The van der Waals surface area contributed by atoms with Crippen molar-refractivity contribution in [1.29, 1.82) is 0 Å². The standard InChI is InChI=1S/C13H17Br2N/c1-2-7-16(12-4-5-12)13-6-3-11(15)8-10(13)9-14/h3,6,8,12H,2,4-5,7,9H2,1H3. The van der Waals surface area contributed by atoms with E-state index in [1.165, 1.54) is 37.1 Å². The van der Waals surface area contributed by atoms with Crippen LogP contribution in [0.25, 0.3) is 0 Å². The molecule has 0 aromatic heterocycles. The summed E-state index contributed by atoms with van der Waals surface area (Å²) >= 11 is 7.12. The molecule has 1 aliphatic carbocycles. The van der Waals surface area contributed by atoms with Crippen LogP contribution < -0.4 is 4.90 Å². The molecule has 88 valence electrons. The summed E-state index contributed by atoms with van der Waals surface area (Å²) in [4.78, 5) is 2.57. The first-order chi connectivity index (χ1) is 7.76. The van der Waals surface area contributed by atoms with Crippen LogP contribution in [0, 0.1) is 0 Å². The molecule has 0 N–H and O–H groups in total. The molecule has 0 aliphatic heterocycles. The molecule has 0 radical (unpaired) electrons. The van der Waals surface area contributed by atoms with Crippen molar-refractivity contribution in [2.75, 3.05) is 11.4 Å². The third-order valence-electron chi connectivity index (χ3n) is 2.95. The first-order valence-corrected chi connectivity index (χ1v) is 7.78. The zero-order valence-corrected chi connectivity index (χ0v) is 12.7. The second kappa shape index (κ2) is 5.54. The van der Waals surface area contributed by atoms with Gasteiger partial charge in [-0.3, -0.25) is 0 Å². The van der Waals surface area contributed by atoms with Crippen LogP contribution in [0.1, 0.15) is 31.7 Å². The first kappa shape index (κ1) is 12.4. The average Bonchev–Trinajstić information content (AvgIpc) is 3.10. The van der Waals surface area contributed by atoms with E-state index in [2.05, 4.69) is 61.9 Å². The molecular weight excluding hydrogens is 330 g/mol. The fourth-order valence-electron chi connectivity index (χ4n) is 2.07. The van der Waals surface area contributed by atoms with E-state index in [-0.39, 0.29) is 0 Å². The van der Waals surface area contributed by atoms with Gasteiger partial charge in [-0.2, -0.15) is 0 Å². The summed E-state index contributed by atoms with van der Waals surface area (Å²) in [5, 5.41) is 0.925. The normalized spacial score (nSPS) is 15.2. The van der Waals surface area contributed by atoms with Gasteiger partial charge in [0, 0.05) is 28.1 Å². The molecule has 0 amide bonds. The summed E-state index contributed by atoms with van der Waals surface area (Å²) in [6.45, 7) is 3.42. The summed E-state index contributed by atoms with van der Waals surface area (Å²) in [5.41, 5.74) is 2.79. The Morgan fingerprint density at radius 3 is 2.69 bits per heavy atom. The van der Waals surface area contributed by atoms with Crippen LogP contribution in [0.15, 0.2) is 22.7 Å². The van der Waals surface area contributed by atoms with E-state index in [4.69, 9.17) is 0 Å². The van der Waals surface area contributed by atoms with Gasteiger partial charge < -0.3 is 4.90 Å². The number of alkyl halides is 1. The molecule has 1 aromatic carbocycles. The molecule has 1 fully saturated rings. The van der Waals surface area contributed by atoms with E-state index in [1.807, 2.05) is 0 Å². The SMILES string of the molecule is CCCN(c1ccc(Br)cc1CBr)C1CC1. The second-order valence-corrected chi connectivity index (χ2v) is 5.81. The summed E-state index contributed by atoms with van der Waals surface area (Å²) in [5.74, 6) is 0. The number of hydrogen-bond donors (Lipinski definition) is 0. The number of benzene rings is 1. The van der Waals surface area contributed by atoms with Crippen molar-refractivity contribution >= 4 is 37.5 Å². The lowest BCUT2D eigenvalue weighted by atomic mass is 10.1. The minimum absolute atomic E-state index is 0.791. The average molecular weight is 347 g/mol. The van der Waals surface area contributed by atoms with Crippen LogP contribution in [0.3, 0.4) is 0 Å². The molecule has 2 rings (SSSR count). The van der Waals surface area contributed by atoms with Gasteiger partial charge in [0.2, 0.25) is 0 Å². The molecule has 0 bridgehead atoms. The van der Waals surface area contributed by atoms with Gasteiger partial charge in [-0.15, -0.1) is 0 Å². The van der Waals surface area contributed by atoms with Crippen molar-refractivity contribution < 1.29 is 0 Å². The zero-order valence-electron chi connectivity index (χ0n) is 9.55. The lowest BCUT2D eigenvalue weighted by Crippen LogP contribution is -2.27. The van der Waals surface area contributed by atoms with Gasteiger partial charge in [0.15, 0.2) is 0 Å². The largest absolute Gasteiger partial charge is 0.368 e. The third-order valence-corrected chi connectivity index (χ3v) is 4.04. The van der Waals surface area contributed by atoms with Crippen molar-refractivity contribution in [3.05, 3.63) is 28.2 Å². The quantitative estimate of drug-likeness (QED) is 0.697. The van der Waals surface area contributed by atoms with Gasteiger partial charge in [0.25, 0.3) is 0 Å². The predicted octanol–water partition coefficient (Wildman–Crippen LogP) is 4.72. The Bertz CT molecular complexity index is 361. The van der Waals surface area contributed by atoms with E-state index < -0.39 is 0 Å². The molecular formula is C13H17Br2N. The molecule has 16 heavy (non-hydrogen) atoms. The van der Waals surface area contributed by atoms with Gasteiger partial charge in [-0.25, -0.2) is 0 Å². The summed E-state index contributed by atoms with van der Waals surface area (Å²) in [6, 6.07) is 7.40. The fraction of sp³-hybridized carbons (Fsp3) is 0.538. The van der Waals surface area contributed by atoms with Crippen molar-refractivity contribution in [1.82, 2.24) is 0 Å². The van der Waals surface area contributed by atoms with Gasteiger partial charge >= 0.3 is 0 Å². The second-order valence-electron chi connectivity index (χ2n) is 4.33. The number of halogens is 2. The summed E-state index contributed by atoms with van der Waals surface area (Å²) < 4.78 is 1.16. The molecule has 1 aliphatic rings. The topological polar surface area (TPSA) is 3.24 Å².